The number of ether oxygens (including phenoxy) is 2. The average molecular weight is 564 g/mol. The first-order chi connectivity index (χ1) is 17.8. The quantitative estimate of drug-likeness (QED) is 0.258. The molecule has 0 N–H and O–H groups in total. The summed E-state index contributed by atoms with van der Waals surface area (Å²) in [6, 6.07) is 6.77. The van der Waals surface area contributed by atoms with Crippen molar-refractivity contribution >= 4 is 5.97 Å². The van der Waals surface area contributed by atoms with E-state index in [2.05, 4.69) is 0 Å². The number of hydrogen-bond acceptors (Lipinski definition) is 4. The Morgan fingerprint density at radius 1 is 0.949 bits per heavy atom. The molecule has 0 aromatic heterocycles. The summed E-state index contributed by atoms with van der Waals surface area (Å²) in [7, 11) is 1.72. The lowest BCUT2D eigenvalue weighted by molar-refractivity contribution is -0.156. The summed E-state index contributed by atoms with van der Waals surface area (Å²) in [5.74, 6) is -1.36. The molecule has 4 atom stereocenters. The lowest BCUT2D eigenvalue weighted by atomic mass is 9.91. The van der Waals surface area contributed by atoms with Crippen LogP contribution in [0.25, 0.3) is 0 Å². The minimum atomic E-state index is -4.98. The molecule has 0 bridgehead atoms. The molecule has 1 aliphatic rings. The van der Waals surface area contributed by atoms with Crippen LogP contribution >= 0.6 is 0 Å². The van der Waals surface area contributed by atoms with E-state index in [9.17, 15) is 35.5 Å². The van der Waals surface area contributed by atoms with Gasteiger partial charge >= 0.3 is 18.3 Å². The Labute approximate surface area is 223 Å². The van der Waals surface area contributed by atoms with Gasteiger partial charge in [0.15, 0.2) is 0 Å². The molecular formula is C28H32F7NO3. The normalized spacial score (nSPS) is 21.3. The maximum atomic E-state index is 13.7. The van der Waals surface area contributed by atoms with Crippen molar-refractivity contribution in [3.8, 4) is 0 Å². The fourth-order valence-electron chi connectivity index (χ4n) is 4.96. The van der Waals surface area contributed by atoms with Gasteiger partial charge in [-0.25, -0.2) is 4.39 Å². The van der Waals surface area contributed by atoms with Crippen LogP contribution in [-0.4, -0.2) is 42.2 Å². The number of benzene rings is 2. The molecule has 3 rings (SSSR count). The Bertz CT molecular complexity index is 1110. The third kappa shape index (κ3) is 8.17. The molecule has 39 heavy (non-hydrogen) atoms. The minimum absolute atomic E-state index is 0.0511. The highest BCUT2D eigenvalue weighted by Gasteiger charge is 2.42. The summed E-state index contributed by atoms with van der Waals surface area (Å²) < 4.78 is 106. The van der Waals surface area contributed by atoms with Crippen LogP contribution in [-0.2, 0) is 26.6 Å². The smallest absolute Gasteiger partial charge is 0.416 e. The Hall–Kier alpha value is -2.66. The molecule has 0 heterocycles. The summed E-state index contributed by atoms with van der Waals surface area (Å²) in [6.45, 7) is 6.57. The number of carbonyl (C=O) groups excluding carboxylic acids is 1. The SMILES string of the molecule is C[C@H](OC1CCC(N(C)CC(=O)OC(C)(C)C)C1c1ccc(F)cc1)c1cc(C(F)(F)F)cc(C(F)(F)F)c1. The van der Waals surface area contributed by atoms with Gasteiger partial charge < -0.3 is 9.47 Å². The Morgan fingerprint density at radius 3 is 1.97 bits per heavy atom. The summed E-state index contributed by atoms with van der Waals surface area (Å²) >= 11 is 0. The molecule has 0 amide bonds. The first-order valence-electron chi connectivity index (χ1n) is 12.5. The number of alkyl halides is 6. The van der Waals surface area contributed by atoms with Crippen LogP contribution in [0.4, 0.5) is 30.7 Å². The van der Waals surface area contributed by atoms with E-state index >= 15 is 0 Å². The third-order valence-electron chi connectivity index (χ3n) is 6.64. The largest absolute Gasteiger partial charge is 0.459 e. The standard InChI is InChI=1S/C28H32F7NO3/c1-16(18-12-19(27(30,31)32)14-20(13-18)28(33,34)35)38-23-11-10-22(25(23)17-6-8-21(29)9-7-17)36(5)15-24(37)39-26(2,3)4/h6-9,12-14,16,22-23,25H,10-11,15H2,1-5H3/t16-,22?,23?,25?/m0/s1. The number of nitrogens with zero attached hydrogens (tertiary/aromatic N) is 1. The number of esters is 1. The van der Waals surface area contributed by atoms with Crippen LogP contribution in [0.2, 0.25) is 0 Å². The molecule has 0 spiro atoms. The molecule has 216 valence electrons. The zero-order chi connectivity index (χ0) is 29.3. The van der Waals surface area contributed by atoms with Gasteiger partial charge in [-0.2, -0.15) is 26.3 Å². The van der Waals surface area contributed by atoms with Gasteiger partial charge in [0, 0.05) is 12.0 Å². The highest BCUT2D eigenvalue weighted by molar-refractivity contribution is 5.72. The van der Waals surface area contributed by atoms with Crippen LogP contribution in [0.5, 0.6) is 0 Å². The highest BCUT2D eigenvalue weighted by Crippen LogP contribution is 2.43. The maximum Gasteiger partial charge on any atom is 0.416 e. The van der Waals surface area contributed by atoms with Crippen molar-refractivity contribution in [1.29, 1.82) is 0 Å². The fourth-order valence-corrected chi connectivity index (χ4v) is 4.96. The van der Waals surface area contributed by atoms with Crippen LogP contribution in [0.1, 0.15) is 74.8 Å². The summed E-state index contributed by atoms with van der Waals surface area (Å²) in [5.41, 5.74) is -3.11. The lowest BCUT2D eigenvalue weighted by Gasteiger charge is -2.33. The monoisotopic (exact) mass is 563 g/mol. The molecular weight excluding hydrogens is 531 g/mol. The molecule has 0 saturated heterocycles. The van der Waals surface area contributed by atoms with Crippen LogP contribution in [0.15, 0.2) is 42.5 Å². The van der Waals surface area contributed by atoms with Gasteiger partial charge in [-0.15, -0.1) is 0 Å². The predicted octanol–water partition coefficient (Wildman–Crippen LogP) is 7.53. The minimum Gasteiger partial charge on any atom is -0.459 e. The van der Waals surface area contributed by atoms with Gasteiger partial charge in [0.1, 0.15) is 11.4 Å². The van der Waals surface area contributed by atoms with Crippen LogP contribution in [0, 0.1) is 5.82 Å². The zero-order valence-electron chi connectivity index (χ0n) is 22.3. The van der Waals surface area contributed by atoms with E-state index in [1.165, 1.54) is 19.1 Å². The van der Waals surface area contributed by atoms with Crippen molar-refractivity contribution in [3.05, 3.63) is 70.5 Å². The molecule has 1 fully saturated rings. The maximum absolute atomic E-state index is 13.7. The van der Waals surface area contributed by atoms with Gasteiger partial charge in [-0.05, 0) is 89.0 Å². The molecule has 0 aliphatic heterocycles. The number of rotatable bonds is 7. The van der Waals surface area contributed by atoms with Crippen molar-refractivity contribution in [2.75, 3.05) is 13.6 Å². The molecule has 0 radical (unpaired) electrons. The van der Waals surface area contributed by atoms with Crippen LogP contribution in [0.3, 0.4) is 0 Å². The molecule has 4 nitrogen and oxygen atoms in total. The van der Waals surface area contributed by atoms with E-state index in [4.69, 9.17) is 9.47 Å². The molecule has 3 unspecified atom stereocenters. The van der Waals surface area contributed by atoms with E-state index < -0.39 is 59.0 Å². The van der Waals surface area contributed by atoms with Gasteiger partial charge in [-0.1, -0.05) is 12.1 Å². The van der Waals surface area contributed by atoms with E-state index in [1.54, 1.807) is 44.9 Å². The Kier molecular flexibility index (Phi) is 9.06. The molecule has 2 aromatic carbocycles. The van der Waals surface area contributed by atoms with E-state index in [1.807, 2.05) is 0 Å². The van der Waals surface area contributed by atoms with Crippen molar-refractivity contribution in [2.45, 2.75) is 82.7 Å². The van der Waals surface area contributed by atoms with Crippen molar-refractivity contribution in [1.82, 2.24) is 4.90 Å². The van der Waals surface area contributed by atoms with Gasteiger partial charge in [0.05, 0.1) is 29.9 Å². The highest BCUT2D eigenvalue weighted by atomic mass is 19.4. The molecule has 11 heteroatoms. The number of likely N-dealkylation sites (N-methyl/N-ethyl adjacent to an activating group) is 1. The van der Waals surface area contributed by atoms with Gasteiger partial charge in [0.2, 0.25) is 0 Å². The lowest BCUT2D eigenvalue weighted by Crippen LogP contribution is -2.41. The summed E-state index contributed by atoms with van der Waals surface area (Å²) in [4.78, 5) is 14.2. The Balaban J connectivity index is 1.90. The second-order valence-electron chi connectivity index (χ2n) is 10.9. The number of hydrogen-bond donors (Lipinski definition) is 0. The van der Waals surface area contributed by atoms with E-state index in [-0.39, 0.29) is 24.2 Å². The summed E-state index contributed by atoms with van der Waals surface area (Å²) in [6.07, 6.45) is -10.8. The average Bonchev–Trinajstić information content (AvgIpc) is 3.20. The van der Waals surface area contributed by atoms with E-state index in [0.717, 1.165) is 0 Å². The molecule has 2 aromatic rings. The Morgan fingerprint density at radius 2 is 1.49 bits per heavy atom. The third-order valence-corrected chi connectivity index (χ3v) is 6.64. The van der Waals surface area contributed by atoms with Crippen molar-refractivity contribution < 1.29 is 45.0 Å². The predicted molar refractivity (Wildman–Crippen MR) is 130 cm³/mol. The van der Waals surface area contributed by atoms with Crippen molar-refractivity contribution in [3.63, 3.8) is 0 Å². The number of carbonyl (C=O) groups is 1. The first-order valence-corrected chi connectivity index (χ1v) is 12.5. The van der Waals surface area contributed by atoms with E-state index in [0.29, 0.717) is 30.5 Å². The summed E-state index contributed by atoms with van der Waals surface area (Å²) in [5, 5.41) is 0. The van der Waals surface area contributed by atoms with Crippen molar-refractivity contribution in [2.24, 2.45) is 0 Å². The molecule has 1 aliphatic carbocycles. The zero-order valence-corrected chi connectivity index (χ0v) is 22.3. The van der Waals surface area contributed by atoms with Gasteiger partial charge in [-0.3, -0.25) is 9.69 Å². The second-order valence-corrected chi connectivity index (χ2v) is 10.9. The molecule has 1 saturated carbocycles. The van der Waals surface area contributed by atoms with Gasteiger partial charge in [0.25, 0.3) is 0 Å². The van der Waals surface area contributed by atoms with Crippen LogP contribution < -0.4 is 0 Å². The number of halogens is 7. The topological polar surface area (TPSA) is 38.8 Å². The second kappa shape index (κ2) is 11.4. The first kappa shape index (κ1) is 30.9. The fraction of sp³-hybridized carbons (Fsp3) is 0.536.